The number of hydrogen-bond acceptors (Lipinski definition) is 6. The van der Waals surface area contributed by atoms with E-state index >= 15 is 0 Å². The number of hydrogen-bond donors (Lipinski definition) is 2. The highest BCUT2D eigenvalue weighted by molar-refractivity contribution is 4.91. The van der Waals surface area contributed by atoms with Crippen LogP contribution in [0.25, 0.3) is 0 Å². The maximum atomic E-state index is 10.2. The van der Waals surface area contributed by atoms with Gasteiger partial charge in [0.25, 0.3) is 0 Å². The second-order valence-electron chi connectivity index (χ2n) is 5.31. The van der Waals surface area contributed by atoms with Crippen molar-refractivity contribution in [3.05, 3.63) is 0 Å². The maximum absolute atomic E-state index is 10.2. The van der Waals surface area contributed by atoms with Crippen molar-refractivity contribution in [3.63, 3.8) is 0 Å². The normalized spacial score (nSPS) is 36.2. The summed E-state index contributed by atoms with van der Waals surface area (Å²) in [4.78, 5) is 0. The topological polar surface area (TPSA) is 77.4 Å². The Labute approximate surface area is 114 Å². The van der Waals surface area contributed by atoms with Crippen LogP contribution in [0.15, 0.2) is 0 Å². The predicted molar refractivity (Wildman–Crippen MR) is 68.8 cm³/mol. The molecule has 1 aliphatic rings. The Hall–Kier alpha value is -0.240. The molecule has 2 N–H and O–H groups in total. The largest absolute Gasteiger partial charge is 0.387 e. The van der Waals surface area contributed by atoms with Crippen LogP contribution in [0, 0.1) is 0 Å². The lowest BCUT2D eigenvalue weighted by Crippen LogP contribution is -2.61. The first-order valence-corrected chi connectivity index (χ1v) is 6.68. The molecule has 0 spiro atoms. The zero-order valence-electron chi connectivity index (χ0n) is 12.3. The van der Waals surface area contributed by atoms with Crippen LogP contribution in [0.3, 0.4) is 0 Å². The summed E-state index contributed by atoms with van der Waals surface area (Å²) in [5.74, 6) is 0. The van der Waals surface area contributed by atoms with Gasteiger partial charge in [-0.2, -0.15) is 0 Å². The fourth-order valence-electron chi connectivity index (χ4n) is 2.07. The van der Waals surface area contributed by atoms with Gasteiger partial charge in [-0.1, -0.05) is 0 Å². The summed E-state index contributed by atoms with van der Waals surface area (Å²) < 4.78 is 21.8. The van der Waals surface area contributed by atoms with Gasteiger partial charge in [-0.25, -0.2) is 0 Å². The molecule has 0 saturated carbocycles. The Morgan fingerprint density at radius 2 is 1.58 bits per heavy atom. The third-order valence-corrected chi connectivity index (χ3v) is 2.81. The van der Waals surface area contributed by atoms with Crippen molar-refractivity contribution >= 4 is 0 Å². The first-order chi connectivity index (χ1) is 8.86. The summed E-state index contributed by atoms with van der Waals surface area (Å²) in [6.45, 7) is 7.66. The monoisotopic (exact) mass is 278 g/mol. The molecule has 1 aliphatic heterocycles. The Morgan fingerprint density at radius 1 is 1.00 bits per heavy atom. The molecule has 19 heavy (non-hydrogen) atoms. The average molecular weight is 278 g/mol. The average Bonchev–Trinajstić information content (AvgIpc) is 2.30. The molecule has 5 atom stereocenters. The van der Waals surface area contributed by atoms with Crippen LogP contribution in [0.4, 0.5) is 0 Å². The molecular formula is C13H26O6. The fourth-order valence-corrected chi connectivity index (χ4v) is 2.07. The highest BCUT2D eigenvalue weighted by Crippen LogP contribution is 2.26. The summed E-state index contributed by atoms with van der Waals surface area (Å²) in [5.41, 5.74) is 0. The molecule has 114 valence electrons. The molecule has 1 heterocycles. The van der Waals surface area contributed by atoms with E-state index in [0.29, 0.717) is 0 Å². The molecule has 0 amide bonds. The van der Waals surface area contributed by atoms with Crippen molar-refractivity contribution in [1.29, 1.82) is 0 Å². The first-order valence-electron chi connectivity index (χ1n) is 6.68. The van der Waals surface area contributed by atoms with Crippen LogP contribution >= 0.6 is 0 Å². The van der Waals surface area contributed by atoms with Gasteiger partial charge >= 0.3 is 0 Å². The lowest BCUT2D eigenvalue weighted by atomic mass is 9.98. The standard InChI is InChI=1S/C13H26O6/c1-7(2)17-12-9(6-16-5)19-13(18-8(3)4)11(15)10(12)14/h7-15H,6H2,1-5H3/t9-,10-,11-,12-,13-/m1/s1. The molecule has 1 rings (SSSR count). The third-order valence-electron chi connectivity index (χ3n) is 2.81. The minimum absolute atomic E-state index is 0.0858. The van der Waals surface area contributed by atoms with Crippen molar-refractivity contribution in [2.24, 2.45) is 0 Å². The lowest BCUT2D eigenvalue weighted by Gasteiger charge is -2.43. The van der Waals surface area contributed by atoms with Gasteiger partial charge in [-0.05, 0) is 27.7 Å². The Kier molecular flexibility index (Phi) is 6.65. The van der Waals surface area contributed by atoms with Crippen LogP contribution < -0.4 is 0 Å². The van der Waals surface area contributed by atoms with E-state index < -0.39 is 30.7 Å². The molecule has 0 aromatic rings. The second-order valence-corrected chi connectivity index (χ2v) is 5.31. The highest BCUT2D eigenvalue weighted by atomic mass is 16.7. The first kappa shape index (κ1) is 16.8. The molecule has 0 aromatic heterocycles. The molecular weight excluding hydrogens is 252 g/mol. The fraction of sp³-hybridized carbons (Fsp3) is 1.00. The molecule has 1 fully saturated rings. The molecule has 6 nitrogen and oxygen atoms in total. The highest BCUT2D eigenvalue weighted by Gasteiger charge is 2.46. The minimum atomic E-state index is -1.14. The molecule has 1 saturated heterocycles. The van der Waals surface area contributed by atoms with Crippen LogP contribution in [-0.2, 0) is 18.9 Å². The van der Waals surface area contributed by atoms with E-state index in [1.165, 1.54) is 0 Å². The Balaban J connectivity index is 2.77. The second kappa shape index (κ2) is 7.52. The molecule has 0 bridgehead atoms. The van der Waals surface area contributed by atoms with Gasteiger partial charge in [0.05, 0.1) is 18.8 Å². The third kappa shape index (κ3) is 4.66. The summed E-state index contributed by atoms with van der Waals surface area (Å²) in [7, 11) is 1.55. The predicted octanol–water partition coefficient (Wildman–Crippen LogP) is 0.298. The number of aliphatic hydroxyl groups is 2. The number of aliphatic hydroxyl groups excluding tert-OH is 2. The van der Waals surface area contributed by atoms with Gasteiger partial charge in [0.1, 0.15) is 24.4 Å². The van der Waals surface area contributed by atoms with Crippen molar-refractivity contribution < 1.29 is 29.2 Å². The molecule has 0 aromatic carbocycles. The van der Waals surface area contributed by atoms with Crippen molar-refractivity contribution in [3.8, 4) is 0 Å². The molecule has 0 aliphatic carbocycles. The summed E-state index contributed by atoms with van der Waals surface area (Å²) in [5, 5.41) is 20.2. The van der Waals surface area contributed by atoms with Crippen molar-refractivity contribution in [1.82, 2.24) is 0 Å². The summed E-state index contributed by atoms with van der Waals surface area (Å²) in [6.07, 6.45) is -4.40. The van der Waals surface area contributed by atoms with Crippen LogP contribution in [-0.4, -0.2) is 66.8 Å². The minimum Gasteiger partial charge on any atom is -0.387 e. The van der Waals surface area contributed by atoms with Gasteiger partial charge in [0.2, 0.25) is 0 Å². The van der Waals surface area contributed by atoms with Gasteiger partial charge in [-0.15, -0.1) is 0 Å². The Morgan fingerprint density at radius 3 is 2.05 bits per heavy atom. The SMILES string of the molecule is COC[C@H]1O[C@@H](OC(C)C)[C@H](O)[C@@H](O)[C@@H]1OC(C)C. The van der Waals surface area contributed by atoms with Crippen LogP contribution in [0.2, 0.25) is 0 Å². The van der Waals surface area contributed by atoms with Crippen LogP contribution in [0.1, 0.15) is 27.7 Å². The van der Waals surface area contributed by atoms with E-state index in [1.807, 2.05) is 27.7 Å². The van der Waals surface area contributed by atoms with Gasteiger partial charge < -0.3 is 29.2 Å². The Bertz CT molecular complexity index is 258. The molecule has 0 radical (unpaired) electrons. The zero-order chi connectivity index (χ0) is 14.6. The number of methoxy groups -OCH3 is 1. The summed E-state index contributed by atoms with van der Waals surface area (Å²) >= 11 is 0. The van der Waals surface area contributed by atoms with E-state index in [0.717, 1.165) is 0 Å². The van der Waals surface area contributed by atoms with E-state index in [2.05, 4.69) is 0 Å². The van der Waals surface area contributed by atoms with E-state index in [1.54, 1.807) is 7.11 Å². The van der Waals surface area contributed by atoms with Crippen LogP contribution in [0.5, 0.6) is 0 Å². The van der Waals surface area contributed by atoms with Crippen molar-refractivity contribution in [2.75, 3.05) is 13.7 Å². The maximum Gasteiger partial charge on any atom is 0.186 e. The van der Waals surface area contributed by atoms with Gasteiger partial charge in [0, 0.05) is 7.11 Å². The molecule has 6 heteroatoms. The van der Waals surface area contributed by atoms with E-state index in [4.69, 9.17) is 18.9 Å². The zero-order valence-corrected chi connectivity index (χ0v) is 12.3. The quantitative estimate of drug-likeness (QED) is 0.727. The summed E-state index contributed by atoms with van der Waals surface area (Å²) in [6, 6.07) is 0. The number of rotatable bonds is 6. The lowest BCUT2D eigenvalue weighted by molar-refractivity contribution is -0.318. The van der Waals surface area contributed by atoms with E-state index in [-0.39, 0.29) is 18.8 Å². The molecule has 0 unspecified atom stereocenters. The van der Waals surface area contributed by atoms with E-state index in [9.17, 15) is 10.2 Å². The smallest absolute Gasteiger partial charge is 0.186 e. The van der Waals surface area contributed by atoms with Gasteiger partial charge in [0.15, 0.2) is 6.29 Å². The van der Waals surface area contributed by atoms with Gasteiger partial charge in [-0.3, -0.25) is 0 Å². The van der Waals surface area contributed by atoms with Crippen molar-refractivity contribution in [2.45, 2.75) is 70.6 Å². The number of ether oxygens (including phenoxy) is 4.